The highest BCUT2D eigenvalue weighted by Gasteiger charge is 2.01. The number of aromatic nitrogens is 1. The van der Waals surface area contributed by atoms with E-state index in [1.807, 2.05) is 0 Å². The molecule has 0 aliphatic carbocycles. The lowest BCUT2D eigenvalue weighted by Gasteiger charge is -1.88. The lowest BCUT2D eigenvalue weighted by Crippen LogP contribution is -1.73. The maximum absolute atomic E-state index is 3.85. The van der Waals surface area contributed by atoms with Crippen LogP contribution in [0, 0.1) is 27.7 Å². The van der Waals surface area contributed by atoms with Crippen molar-refractivity contribution in [2.24, 2.45) is 0 Å². The normalized spacial score (nSPS) is 10.2. The van der Waals surface area contributed by atoms with Crippen molar-refractivity contribution in [3.63, 3.8) is 0 Å². The summed E-state index contributed by atoms with van der Waals surface area (Å²) in [5, 5.41) is 0. The van der Waals surface area contributed by atoms with Crippen molar-refractivity contribution in [2.75, 3.05) is 0 Å². The van der Waals surface area contributed by atoms with Gasteiger partial charge in [0.2, 0.25) is 0 Å². The maximum atomic E-state index is 3.85. The lowest BCUT2D eigenvalue weighted by atomic mass is 10.2. The van der Waals surface area contributed by atoms with E-state index in [-0.39, 0.29) is 0 Å². The van der Waals surface area contributed by atoms with E-state index in [1.54, 1.807) is 0 Å². The summed E-state index contributed by atoms with van der Waals surface area (Å²) < 4.78 is 0. The highest BCUT2D eigenvalue weighted by Crippen LogP contribution is 2.14. The van der Waals surface area contributed by atoms with Gasteiger partial charge in [-0.2, -0.15) is 0 Å². The summed E-state index contributed by atoms with van der Waals surface area (Å²) in [5.74, 6) is 0. The van der Waals surface area contributed by atoms with Gasteiger partial charge in [-0.25, -0.2) is 0 Å². The third-order valence-corrected chi connectivity index (χ3v) is 1.92. The Morgan fingerprint density at radius 1 is 1.11 bits per heavy atom. The summed E-state index contributed by atoms with van der Waals surface area (Å²) in [6.07, 6.45) is 0. The fourth-order valence-electron chi connectivity index (χ4n) is 0.921. The van der Waals surface area contributed by atoms with Crippen molar-refractivity contribution in [3.05, 3.63) is 29.4 Å². The van der Waals surface area contributed by atoms with Crippen molar-refractivity contribution in [2.45, 2.75) is 20.8 Å². The molecule has 1 aromatic heterocycles. The summed E-state index contributed by atoms with van der Waals surface area (Å²) in [7, 11) is 0. The SMILES string of the molecule is [CH2]c1[nH]c(C)c(C)c1C. The van der Waals surface area contributed by atoms with Crippen LogP contribution in [0.25, 0.3) is 0 Å². The summed E-state index contributed by atoms with van der Waals surface area (Å²) in [6.45, 7) is 10.1. The largest absolute Gasteiger partial charge is 0.362 e. The van der Waals surface area contributed by atoms with E-state index in [9.17, 15) is 0 Å². The number of aryl methyl sites for hydroxylation is 1. The molecule has 0 aromatic carbocycles. The van der Waals surface area contributed by atoms with E-state index >= 15 is 0 Å². The Labute approximate surface area is 56.1 Å². The van der Waals surface area contributed by atoms with Gasteiger partial charge in [0.25, 0.3) is 0 Å². The first-order valence-electron chi connectivity index (χ1n) is 3.10. The zero-order valence-corrected chi connectivity index (χ0v) is 6.21. The zero-order valence-electron chi connectivity index (χ0n) is 6.21. The molecule has 0 saturated heterocycles. The molecule has 0 aliphatic heterocycles. The average Bonchev–Trinajstić information content (AvgIpc) is 1.98. The van der Waals surface area contributed by atoms with Crippen LogP contribution in [-0.4, -0.2) is 4.98 Å². The molecule has 1 heteroatoms. The van der Waals surface area contributed by atoms with Gasteiger partial charge >= 0.3 is 0 Å². The number of rotatable bonds is 0. The van der Waals surface area contributed by atoms with Crippen molar-refractivity contribution >= 4 is 0 Å². The van der Waals surface area contributed by atoms with Crippen LogP contribution in [0.4, 0.5) is 0 Å². The molecule has 0 spiro atoms. The van der Waals surface area contributed by atoms with Crippen LogP contribution in [0.15, 0.2) is 0 Å². The highest BCUT2D eigenvalue weighted by molar-refractivity contribution is 5.35. The molecule has 0 amide bonds. The number of hydrogen-bond donors (Lipinski definition) is 1. The predicted octanol–water partition coefficient (Wildman–Crippen LogP) is 2.12. The lowest BCUT2D eigenvalue weighted by molar-refractivity contribution is 1.21. The van der Waals surface area contributed by atoms with Crippen LogP contribution < -0.4 is 0 Å². The third kappa shape index (κ3) is 0.869. The molecule has 0 unspecified atom stereocenters. The van der Waals surface area contributed by atoms with Crippen LogP contribution in [0.2, 0.25) is 0 Å². The minimum absolute atomic E-state index is 1.05. The van der Waals surface area contributed by atoms with Crippen LogP contribution in [0.3, 0.4) is 0 Å². The molecule has 0 saturated carbocycles. The molecule has 1 rings (SSSR count). The quantitative estimate of drug-likeness (QED) is 0.542. The molecule has 49 valence electrons. The molecule has 1 aromatic rings. The van der Waals surface area contributed by atoms with Crippen molar-refractivity contribution in [3.8, 4) is 0 Å². The molecular formula is C8H12N. The van der Waals surface area contributed by atoms with Gasteiger partial charge in [-0.1, -0.05) is 0 Å². The Bertz CT molecular complexity index is 198. The van der Waals surface area contributed by atoms with Crippen molar-refractivity contribution in [1.82, 2.24) is 4.98 Å². The van der Waals surface area contributed by atoms with Crippen molar-refractivity contribution in [1.29, 1.82) is 0 Å². The Morgan fingerprint density at radius 3 is 1.78 bits per heavy atom. The Kier molecular flexibility index (Phi) is 1.35. The number of nitrogens with one attached hydrogen (secondary N) is 1. The van der Waals surface area contributed by atoms with Gasteiger partial charge in [0.1, 0.15) is 0 Å². The second-order valence-electron chi connectivity index (χ2n) is 2.48. The van der Waals surface area contributed by atoms with Gasteiger partial charge in [-0.05, 0) is 38.8 Å². The molecule has 0 atom stereocenters. The standard InChI is InChI=1S/C8H12N/c1-5-6(2)8(4)9-7(5)3/h9H,3H2,1-2,4H3. The van der Waals surface area contributed by atoms with Gasteiger partial charge in [-0.15, -0.1) is 0 Å². The first kappa shape index (κ1) is 6.40. The van der Waals surface area contributed by atoms with Gasteiger partial charge in [0.15, 0.2) is 0 Å². The van der Waals surface area contributed by atoms with Crippen LogP contribution >= 0.6 is 0 Å². The van der Waals surface area contributed by atoms with E-state index in [1.165, 1.54) is 16.8 Å². The van der Waals surface area contributed by atoms with E-state index in [0.717, 1.165) is 5.69 Å². The van der Waals surface area contributed by atoms with Gasteiger partial charge in [-0.3, -0.25) is 0 Å². The topological polar surface area (TPSA) is 15.8 Å². The van der Waals surface area contributed by atoms with E-state index in [4.69, 9.17) is 0 Å². The molecule has 0 bridgehead atoms. The Morgan fingerprint density at radius 2 is 1.67 bits per heavy atom. The first-order valence-corrected chi connectivity index (χ1v) is 3.10. The third-order valence-electron chi connectivity index (χ3n) is 1.92. The predicted molar refractivity (Wildman–Crippen MR) is 39.5 cm³/mol. The van der Waals surface area contributed by atoms with Gasteiger partial charge < -0.3 is 4.98 Å². The maximum Gasteiger partial charge on any atom is 0.0185 e. The van der Waals surface area contributed by atoms with Gasteiger partial charge in [0, 0.05) is 11.4 Å². The minimum Gasteiger partial charge on any atom is -0.362 e. The number of hydrogen-bond acceptors (Lipinski definition) is 0. The fraction of sp³-hybridized carbons (Fsp3) is 0.375. The van der Waals surface area contributed by atoms with E-state index in [2.05, 4.69) is 32.7 Å². The van der Waals surface area contributed by atoms with Crippen molar-refractivity contribution < 1.29 is 0 Å². The molecule has 1 nitrogen and oxygen atoms in total. The second kappa shape index (κ2) is 1.90. The minimum atomic E-state index is 1.05. The molecule has 9 heavy (non-hydrogen) atoms. The van der Waals surface area contributed by atoms with Crippen LogP contribution in [0.5, 0.6) is 0 Å². The Hall–Kier alpha value is -0.720. The summed E-state index contributed by atoms with van der Waals surface area (Å²) in [6, 6.07) is 0. The van der Waals surface area contributed by atoms with Gasteiger partial charge in [0.05, 0.1) is 0 Å². The van der Waals surface area contributed by atoms with E-state index < -0.39 is 0 Å². The second-order valence-corrected chi connectivity index (χ2v) is 2.48. The molecular weight excluding hydrogens is 110 g/mol. The average molecular weight is 122 g/mol. The molecule has 1 N–H and O–H groups in total. The first-order chi connectivity index (χ1) is 4.13. The summed E-state index contributed by atoms with van der Waals surface area (Å²) >= 11 is 0. The Balaban J connectivity index is 3.29. The molecule has 1 radical (unpaired) electrons. The molecule has 0 aliphatic rings. The number of H-pyrrole nitrogens is 1. The van der Waals surface area contributed by atoms with Crippen LogP contribution in [0.1, 0.15) is 22.5 Å². The summed E-state index contributed by atoms with van der Waals surface area (Å²) in [5.41, 5.74) is 4.90. The molecule has 1 heterocycles. The number of aromatic amines is 1. The smallest absolute Gasteiger partial charge is 0.0185 e. The fourth-order valence-corrected chi connectivity index (χ4v) is 0.921. The zero-order chi connectivity index (χ0) is 7.02. The van der Waals surface area contributed by atoms with Crippen LogP contribution in [-0.2, 0) is 0 Å². The van der Waals surface area contributed by atoms with E-state index in [0.29, 0.717) is 0 Å². The monoisotopic (exact) mass is 122 g/mol. The summed E-state index contributed by atoms with van der Waals surface area (Å²) in [4.78, 5) is 3.16. The highest BCUT2D eigenvalue weighted by atomic mass is 14.7. The molecule has 0 fully saturated rings.